The van der Waals surface area contributed by atoms with Crippen LogP contribution < -0.4 is 5.43 Å². The molecule has 0 radical (unpaired) electrons. The van der Waals surface area contributed by atoms with Crippen LogP contribution in [0.25, 0.3) is 0 Å². The molecule has 0 saturated heterocycles. The quantitative estimate of drug-likeness (QED) is 0.881. The molecule has 0 unspecified atom stereocenters. The first-order valence-electron chi connectivity index (χ1n) is 5.86. The molecule has 0 saturated carbocycles. The van der Waals surface area contributed by atoms with Crippen LogP contribution in [0.15, 0.2) is 18.2 Å². The molecule has 2 rings (SSSR count). The number of nitrogens with zero attached hydrogens (tertiary/aromatic N) is 3. The van der Waals surface area contributed by atoms with E-state index in [4.69, 9.17) is 0 Å². The molecular formula is C13H18N4. The van der Waals surface area contributed by atoms with Crippen LogP contribution in [0.1, 0.15) is 29.8 Å². The van der Waals surface area contributed by atoms with Crippen molar-refractivity contribution in [2.45, 2.75) is 34.1 Å². The average Bonchev–Trinajstić information content (AvgIpc) is 2.60. The van der Waals surface area contributed by atoms with Gasteiger partial charge < -0.3 is 0 Å². The fraction of sp³-hybridized carbons (Fsp3) is 0.385. The highest BCUT2D eigenvalue weighted by Gasteiger charge is 2.04. The van der Waals surface area contributed by atoms with Crippen molar-refractivity contribution < 1.29 is 0 Å². The van der Waals surface area contributed by atoms with E-state index < -0.39 is 0 Å². The minimum absolute atomic E-state index is 0.800. The van der Waals surface area contributed by atoms with Gasteiger partial charge in [0.1, 0.15) is 11.6 Å². The molecule has 17 heavy (non-hydrogen) atoms. The van der Waals surface area contributed by atoms with Gasteiger partial charge in [0.05, 0.1) is 0 Å². The van der Waals surface area contributed by atoms with Crippen molar-refractivity contribution in [3.05, 3.63) is 41.1 Å². The second-order valence-corrected chi connectivity index (χ2v) is 4.21. The van der Waals surface area contributed by atoms with Crippen LogP contribution in [0.3, 0.4) is 0 Å². The molecule has 0 aliphatic heterocycles. The summed E-state index contributed by atoms with van der Waals surface area (Å²) in [6, 6.07) is 6.15. The molecular weight excluding hydrogens is 212 g/mol. The summed E-state index contributed by atoms with van der Waals surface area (Å²) in [7, 11) is 0. The Labute approximate surface area is 102 Å². The number of anilines is 1. The van der Waals surface area contributed by atoms with Crippen LogP contribution in [0.4, 0.5) is 5.82 Å². The molecule has 4 heteroatoms. The Kier molecular flexibility index (Phi) is 3.13. The number of hydrogen-bond donors (Lipinski definition) is 1. The van der Waals surface area contributed by atoms with Crippen LogP contribution in [-0.4, -0.2) is 14.6 Å². The SMILES string of the molecule is CCc1cc(Nn2c(C)ccc2C)nc(C)n1. The Bertz CT molecular complexity index is 509. The molecule has 2 aromatic heterocycles. The minimum Gasteiger partial charge on any atom is -0.277 e. The molecule has 0 spiro atoms. The van der Waals surface area contributed by atoms with Gasteiger partial charge in [-0.15, -0.1) is 0 Å². The molecule has 0 aliphatic carbocycles. The molecule has 0 aliphatic rings. The number of hydrogen-bond acceptors (Lipinski definition) is 3. The Morgan fingerprint density at radius 1 is 1.12 bits per heavy atom. The van der Waals surface area contributed by atoms with Crippen LogP contribution in [0.5, 0.6) is 0 Å². The number of rotatable bonds is 3. The van der Waals surface area contributed by atoms with Crippen molar-refractivity contribution in [2.75, 3.05) is 5.43 Å². The first kappa shape index (κ1) is 11.6. The monoisotopic (exact) mass is 230 g/mol. The molecule has 0 fully saturated rings. The molecule has 2 aromatic rings. The zero-order chi connectivity index (χ0) is 12.4. The molecule has 2 heterocycles. The molecule has 0 bridgehead atoms. The fourth-order valence-electron chi connectivity index (χ4n) is 1.83. The summed E-state index contributed by atoms with van der Waals surface area (Å²) in [6.45, 7) is 8.14. The predicted octanol–water partition coefficient (Wildman–Crippen LogP) is 2.64. The third-order valence-corrected chi connectivity index (χ3v) is 2.75. The van der Waals surface area contributed by atoms with Gasteiger partial charge in [-0.2, -0.15) is 0 Å². The van der Waals surface area contributed by atoms with Gasteiger partial charge in [0.15, 0.2) is 0 Å². The van der Waals surface area contributed by atoms with Gasteiger partial charge in [-0.25, -0.2) is 9.97 Å². The summed E-state index contributed by atoms with van der Waals surface area (Å²) < 4.78 is 2.03. The summed E-state index contributed by atoms with van der Waals surface area (Å²) in [4.78, 5) is 8.76. The molecule has 0 amide bonds. The maximum atomic E-state index is 4.40. The fourth-order valence-corrected chi connectivity index (χ4v) is 1.83. The van der Waals surface area contributed by atoms with E-state index in [2.05, 4.69) is 48.3 Å². The maximum absolute atomic E-state index is 4.40. The van der Waals surface area contributed by atoms with Gasteiger partial charge in [0.25, 0.3) is 0 Å². The van der Waals surface area contributed by atoms with E-state index in [1.165, 1.54) is 0 Å². The van der Waals surface area contributed by atoms with Gasteiger partial charge in [-0.05, 0) is 39.3 Å². The van der Waals surface area contributed by atoms with E-state index in [1.807, 2.05) is 17.7 Å². The Hall–Kier alpha value is -1.84. The molecule has 1 N–H and O–H groups in total. The summed E-state index contributed by atoms with van der Waals surface area (Å²) in [5, 5.41) is 0. The van der Waals surface area contributed by atoms with Crippen molar-refractivity contribution in [1.82, 2.24) is 14.6 Å². The van der Waals surface area contributed by atoms with E-state index in [-0.39, 0.29) is 0 Å². The zero-order valence-electron chi connectivity index (χ0n) is 10.8. The molecule has 0 aromatic carbocycles. The summed E-state index contributed by atoms with van der Waals surface area (Å²) in [6.07, 6.45) is 0.918. The van der Waals surface area contributed by atoms with Gasteiger partial charge >= 0.3 is 0 Å². The van der Waals surface area contributed by atoms with E-state index in [0.29, 0.717) is 0 Å². The largest absolute Gasteiger partial charge is 0.277 e. The smallest absolute Gasteiger partial charge is 0.148 e. The van der Waals surface area contributed by atoms with Crippen molar-refractivity contribution in [3.63, 3.8) is 0 Å². The highest BCUT2D eigenvalue weighted by atomic mass is 15.4. The van der Waals surface area contributed by atoms with Crippen molar-refractivity contribution in [1.29, 1.82) is 0 Å². The third kappa shape index (κ3) is 2.46. The maximum Gasteiger partial charge on any atom is 0.148 e. The Morgan fingerprint density at radius 2 is 1.76 bits per heavy atom. The van der Waals surface area contributed by atoms with Gasteiger partial charge in [-0.3, -0.25) is 10.1 Å². The van der Waals surface area contributed by atoms with Gasteiger partial charge in [0, 0.05) is 23.1 Å². The minimum atomic E-state index is 0.800. The zero-order valence-corrected chi connectivity index (χ0v) is 10.8. The van der Waals surface area contributed by atoms with Crippen LogP contribution >= 0.6 is 0 Å². The topological polar surface area (TPSA) is 42.7 Å². The molecule has 4 nitrogen and oxygen atoms in total. The highest BCUT2D eigenvalue weighted by molar-refractivity contribution is 5.37. The molecule has 0 atom stereocenters. The average molecular weight is 230 g/mol. The third-order valence-electron chi connectivity index (χ3n) is 2.75. The molecule has 90 valence electrons. The summed E-state index contributed by atoms with van der Waals surface area (Å²) >= 11 is 0. The van der Waals surface area contributed by atoms with Crippen molar-refractivity contribution >= 4 is 5.82 Å². The van der Waals surface area contributed by atoms with Crippen LogP contribution in [0, 0.1) is 20.8 Å². The van der Waals surface area contributed by atoms with Crippen LogP contribution in [-0.2, 0) is 6.42 Å². The normalized spacial score (nSPS) is 10.6. The van der Waals surface area contributed by atoms with E-state index >= 15 is 0 Å². The lowest BCUT2D eigenvalue weighted by Crippen LogP contribution is -2.14. The highest BCUT2D eigenvalue weighted by Crippen LogP contribution is 2.11. The number of nitrogens with one attached hydrogen (secondary N) is 1. The van der Waals surface area contributed by atoms with E-state index in [9.17, 15) is 0 Å². The number of aryl methyl sites for hydroxylation is 4. The van der Waals surface area contributed by atoms with Gasteiger partial charge in [-0.1, -0.05) is 6.92 Å². The predicted molar refractivity (Wildman–Crippen MR) is 69.1 cm³/mol. The first-order valence-corrected chi connectivity index (χ1v) is 5.86. The van der Waals surface area contributed by atoms with Crippen molar-refractivity contribution in [3.8, 4) is 0 Å². The van der Waals surface area contributed by atoms with E-state index in [1.54, 1.807) is 0 Å². The lowest BCUT2D eigenvalue weighted by atomic mass is 10.3. The van der Waals surface area contributed by atoms with Crippen LogP contribution in [0.2, 0.25) is 0 Å². The summed E-state index contributed by atoms with van der Waals surface area (Å²) in [5.41, 5.74) is 6.69. The Balaban J connectivity index is 2.33. The second-order valence-electron chi connectivity index (χ2n) is 4.21. The number of aromatic nitrogens is 3. The second kappa shape index (κ2) is 4.57. The van der Waals surface area contributed by atoms with Gasteiger partial charge in [0.2, 0.25) is 0 Å². The standard InChI is InChI=1S/C13H18N4/c1-5-12-8-13(15-11(4)14-12)16-17-9(2)6-7-10(17)3/h6-8H,5H2,1-4H3,(H,14,15,16). The summed E-state index contributed by atoms with van der Waals surface area (Å²) in [5.74, 6) is 1.64. The first-order chi connectivity index (χ1) is 8.10. The lowest BCUT2D eigenvalue weighted by Gasteiger charge is -2.12. The van der Waals surface area contributed by atoms with E-state index in [0.717, 1.165) is 35.1 Å². The lowest BCUT2D eigenvalue weighted by molar-refractivity contribution is 0.854. The Morgan fingerprint density at radius 3 is 2.35 bits per heavy atom. The van der Waals surface area contributed by atoms with Crippen molar-refractivity contribution in [2.24, 2.45) is 0 Å².